The maximum Gasteiger partial charge on any atom is 0.248 e. The second kappa shape index (κ2) is 7.71. The van der Waals surface area contributed by atoms with Crippen LogP contribution in [0.15, 0.2) is 24.3 Å². The summed E-state index contributed by atoms with van der Waals surface area (Å²) in [4.78, 5) is 13.2. The van der Waals surface area contributed by atoms with Crippen molar-refractivity contribution in [3.8, 4) is 5.75 Å². The van der Waals surface area contributed by atoms with Gasteiger partial charge in [-0.2, -0.15) is 0 Å². The zero-order valence-corrected chi connectivity index (χ0v) is 11.3. The molecule has 0 radical (unpaired) electrons. The van der Waals surface area contributed by atoms with Gasteiger partial charge in [0.25, 0.3) is 0 Å². The van der Waals surface area contributed by atoms with Crippen molar-refractivity contribution in [2.75, 3.05) is 33.4 Å². The lowest BCUT2D eigenvalue weighted by Gasteiger charge is -2.17. The second-order valence-electron chi connectivity index (χ2n) is 4.12. The minimum absolute atomic E-state index is 0.0234. The first-order chi connectivity index (χ1) is 8.63. The van der Waals surface area contributed by atoms with E-state index < -0.39 is 0 Å². The Balaban J connectivity index is 2.26. The Morgan fingerprint density at radius 1 is 1.39 bits per heavy atom. The largest absolute Gasteiger partial charge is 0.492 e. The summed E-state index contributed by atoms with van der Waals surface area (Å²) in [6, 6.07) is 7.86. The molecule has 0 atom stereocenters. The molecule has 1 amide bonds. The summed E-state index contributed by atoms with van der Waals surface area (Å²) in [7, 11) is 1.75. The third-order valence-corrected chi connectivity index (χ3v) is 2.54. The summed E-state index contributed by atoms with van der Waals surface area (Å²) >= 11 is 0. The molecule has 1 rings (SSSR count). The Morgan fingerprint density at radius 2 is 2.17 bits per heavy atom. The maximum absolute atomic E-state index is 11.5. The van der Waals surface area contributed by atoms with E-state index in [1.807, 2.05) is 38.1 Å². The van der Waals surface area contributed by atoms with Gasteiger partial charge in [0, 0.05) is 13.7 Å². The molecule has 4 heteroatoms. The number of amides is 1. The van der Waals surface area contributed by atoms with E-state index in [4.69, 9.17) is 9.47 Å². The lowest BCUT2D eigenvalue weighted by atomic mass is 10.2. The van der Waals surface area contributed by atoms with Crippen molar-refractivity contribution >= 4 is 5.91 Å². The van der Waals surface area contributed by atoms with E-state index in [0.717, 1.165) is 11.3 Å². The summed E-state index contributed by atoms with van der Waals surface area (Å²) in [5, 5.41) is 0. The van der Waals surface area contributed by atoms with Gasteiger partial charge in [-0.1, -0.05) is 12.1 Å². The van der Waals surface area contributed by atoms with Crippen molar-refractivity contribution in [1.82, 2.24) is 4.90 Å². The zero-order chi connectivity index (χ0) is 13.4. The third kappa shape index (κ3) is 5.19. The number of carbonyl (C=O) groups excluding carboxylic acids is 1. The first kappa shape index (κ1) is 14.5. The number of benzene rings is 1. The molecule has 100 valence electrons. The van der Waals surface area contributed by atoms with Crippen LogP contribution in [0.3, 0.4) is 0 Å². The van der Waals surface area contributed by atoms with Gasteiger partial charge < -0.3 is 14.4 Å². The molecular weight excluding hydrogens is 230 g/mol. The third-order valence-electron chi connectivity index (χ3n) is 2.54. The van der Waals surface area contributed by atoms with Gasteiger partial charge in [-0.25, -0.2) is 0 Å². The van der Waals surface area contributed by atoms with Crippen molar-refractivity contribution in [2.45, 2.75) is 13.8 Å². The predicted octanol–water partition coefficient (Wildman–Crippen LogP) is 1.87. The van der Waals surface area contributed by atoms with E-state index in [0.29, 0.717) is 19.8 Å². The molecule has 0 saturated heterocycles. The summed E-state index contributed by atoms with van der Waals surface area (Å²) in [5.74, 6) is 0.811. The number of ether oxygens (including phenoxy) is 2. The van der Waals surface area contributed by atoms with Crippen molar-refractivity contribution in [3.63, 3.8) is 0 Å². The van der Waals surface area contributed by atoms with Crippen LogP contribution >= 0.6 is 0 Å². The molecule has 0 N–H and O–H groups in total. The Labute approximate surface area is 108 Å². The number of hydrogen-bond acceptors (Lipinski definition) is 3. The number of rotatable bonds is 7. The van der Waals surface area contributed by atoms with Crippen LogP contribution in [0.4, 0.5) is 0 Å². The predicted molar refractivity (Wildman–Crippen MR) is 70.8 cm³/mol. The fourth-order valence-corrected chi connectivity index (χ4v) is 1.43. The summed E-state index contributed by atoms with van der Waals surface area (Å²) < 4.78 is 10.6. The van der Waals surface area contributed by atoms with Crippen LogP contribution in [-0.4, -0.2) is 44.2 Å². The summed E-state index contributed by atoms with van der Waals surface area (Å²) in [5.41, 5.74) is 1.16. The molecule has 0 aliphatic heterocycles. The highest BCUT2D eigenvalue weighted by Gasteiger charge is 2.08. The van der Waals surface area contributed by atoms with Gasteiger partial charge in [0.05, 0.1) is 6.54 Å². The van der Waals surface area contributed by atoms with E-state index >= 15 is 0 Å². The molecule has 0 saturated carbocycles. The first-order valence-corrected chi connectivity index (χ1v) is 6.14. The molecule has 4 nitrogen and oxygen atoms in total. The van der Waals surface area contributed by atoms with Gasteiger partial charge in [-0.05, 0) is 31.5 Å². The fourth-order valence-electron chi connectivity index (χ4n) is 1.43. The smallest absolute Gasteiger partial charge is 0.248 e. The molecule has 0 aliphatic rings. The SMILES string of the molecule is CCOCC(=O)N(C)CCOc1cccc(C)c1. The van der Waals surface area contributed by atoms with Gasteiger partial charge in [0.15, 0.2) is 0 Å². The van der Waals surface area contributed by atoms with Crippen LogP contribution in [0.1, 0.15) is 12.5 Å². The highest BCUT2D eigenvalue weighted by molar-refractivity contribution is 5.77. The highest BCUT2D eigenvalue weighted by Crippen LogP contribution is 2.11. The van der Waals surface area contributed by atoms with Crippen molar-refractivity contribution in [1.29, 1.82) is 0 Å². The normalized spacial score (nSPS) is 10.2. The molecule has 1 aromatic carbocycles. The molecule has 0 spiro atoms. The standard InChI is InChI=1S/C14H21NO3/c1-4-17-11-14(16)15(3)8-9-18-13-7-5-6-12(2)10-13/h5-7,10H,4,8-9,11H2,1-3H3. The van der Waals surface area contributed by atoms with Crippen LogP contribution in [0.2, 0.25) is 0 Å². The monoisotopic (exact) mass is 251 g/mol. The van der Waals surface area contributed by atoms with E-state index in [1.165, 1.54) is 0 Å². The van der Waals surface area contributed by atoms with E-state index in [2.05, 4.69) is 0 Å². The molecule has 0 fully saturated rings. The minimum atomic E-state index is -0.0234. The van der Waals surface area contributed by atoms with Crippen LogP contribution in [0, 0.1) is 6.92 Å². The van der Waals surface area contributed by atoms with Gasteiger partial charge in [-0.15, -0.1) is 0 Å². The minimum Gasteiger partial charge on any atom is -0.492 e. The number of aryl methyl sites for hydroxylation is 1. The maximum atomic E-state index is 11.5. The summed E-state index contributed by atoms with van der Waals surface area (Å²) in [6.45, 7) is 5.62. The highest BCUT2D eigenvalue weighted by atomic mass is 16.5. The molecule has 0 unspecified atom stereocenters. The van der Waals surface area contributed by atoms with Crippen LogP contribution in [0.25, 0.3) is 0 Å². The molecule has 0 aromatic heterocycles. The van der Waals surface area contributed by atoms with Crippen LogP contribution in [0.5, 0.6) is 5.75 Å². The Morgan fingerprint density at radius 3 is 2.83 bits per heavy atom. The fraction of sp³-hybridized carbons (Fsp3) is 0.500. The van der Waals surface area contributed by atoms with Gasteiger partial charge in [-0.3, -0.25) is 4.79 Å². The number of hydrogen-bond donors (Lipinski definition) is 0. The van der Waals surface area contributed by atoms with Gasteiger partial charge >= 0.3 is 0 Å². The van der Waals surface area contributed by atoms with E-state index in [-0.39, 0.29) is 12.5 Å². The molecular formula is C14H21NO3. The zero-order valence-electron chi connectivity index (χ0n) is 11.3. The molecule has 1 aromatic rings. The Kier molecular flexibility index (Phi) is 6.22. The average Bonchev–Trinajstić information content (AvgIpc) is 2.35. The molecule has 0 heterocycles. The number of likely N-dealkylation sites (N-methyl/N-ethyl adjacent to an activating group) is 1. The second-order valence-corrected chi connectivity index (χ2v) is 4.12. The molecule has 0 bridgehead atoms. The first-order valence-electron chi connectivity index (χ1n) is 6.14. The van der Waals surface area contributed by atoms with Crippen molar-refractivity contribution < 1.29 is 14.3 Å². The molecule has 0 aliphatic carbocycles. The lowest BCUT2D eigenvalue weighted by Crippen LogP contribution is -2.33. The van der Waals surface area contributed by atoms with E-state index in [9.17, 15) is 4.79 Å². The van der Waals surface area contributed by atoms with Crippen LogP contribution < -0.4 is 4.74 Å². The Bertz CT molecular complexity index is 379. The molecule has 18 heavy (non-hydrogen) atoms. The van der Waals surface area contributed by atoms with Crippen molar-refractivity contribution in [3.05, 3.63) is 29.8 Å². The average molecular weight is 251 g/mol. The lowest BCUT2D eigenvalue weighted by molar-refractivity contribution is -0.134. The van der Waals surface area contributed by atoms with Gasteiger partial charge in [0.2, 0.25) is 5.91 Å². The quantitative estimate of drug-likeness (QED) is 0.742. The van der Waals surface area contributed by atoms with Gasteiger partial charge in [0.1, 0.15) is 19.0 Å². The number of nitrogens with zero attached hydrogens (tertiary/aromatic N) is 1. The van der Waals surface area contributed by atoms with E-state index in [1.54, 1.807) is 11.9 Å². The Hall–Kier alpha value is -1.55. The van der Waals surface area contributed by atoms with Crippen molar-refractivity contribution in [2.24, 2.45) is 0 Å². The van der Waals surface area contributed by atoms with Crippen LogP contribution in [-0.2, 0) is 9.53 Å². The summed E-state index contributed by atoms with van der Waals surface area (Å²) in [6.07, 6.45) is 0. The number of carbonyl (C=O) groups is 1. The topological polar surface area (TPSA) is 38.8 Å².